The fourth-order valence-corrected chi connectivity index (χ4v) is 1.75. The van der Waals surface area contributed by atoms with Gasteiger partial charge in [-0.1, -0.05) is 13.8 Å². The highest BCUT2D eigenvalue weighted by Gasteiger charge is 2.31. The van der Waals surface area contributed by atoms with E-state index in [4.69, 9.17) is 14.2 Å². The van der Waals surface area contributed by atoms with Crippen LogP contribution in [0, 0.1) is 0 Å². The number of nitrogens with one attached hydrogen (secondary N) is 1. The van der Waals surface area contributed by atoms with Crippen molar-refractivity contribution in [2.45, 2.75) is 46.2 Å². The van der Waals surface area contributed by atoms with Gasteiger partial charge in [0.25, 0.3) is 0 Å². The summed E-state index contributed by atoms with van der Waals surface area (Å²) in [7, 11) is 0. The van der Waals surface area contributed by atoms with Crippen LogP contribution in [0.5, 0.6) is 0 Å². The second kappa shape index (κ2) is 9.83. The summed E-state index contributed by atoms with van der Waals surface area (Å²) in [6, 6.07) is 0.372. The molecule has 17 heavy (non-hydrogen) atoms. The van der Waals surface area contributed by atoms with Crippen molar-refractivity contribution in [1.29, 1.82) is 0 Å². The Kier molecular flexibility index (Phi) is 9.74. The Bertz CT molecular complexity index is 152. The monoisotopic (exact) mass is 247 g/mol. The molecule has 0 fully saturated rings. The molecule has 0 bridgehead atoms. The molecule has 0 saturated heterocycles. The van der Waals surface area contributed by atoms with Gasteiger partial charge < -0.3 is 19.5 Å². The largest absolute Gasteiger partial charge is 0.380 e. The lowest BCUT2D eigenvalue weighted by Crippen LogP contribution is -2.58. The lowest BCUT2D eigenvalue weighted by Gasteiger charge is -2.35. The zero-order chi connectivity index (χ0) is 13.1. The molecule has 1 N–H and O–H groups in total. The number of rotatable bonds is 11. The summed E-state index contributed by atoms with van der Waals surface area (Å²) >= 11 is 0. The van der Waals surface area contributed by atoms with Crippen molar-refractivity contribution >= 4 is 0 Å². The number of ether oxygens (including phenoxy) is 3. The van der Waals surface area contributed by atoms with Gasteiger partial charge in [-0.05, 0) is 20.8 Å². The summed E-state index contributed by atoms with van der Waals surface area (Å²) in [5, 5.41) is 3.52. The van der Waals surface area contributed by atoms with Crippen LogP contribution >= 0.6 is 0 Å². The van der Waals surface area contributed by atoms with Gasteiger partial charge in [0.15, 0.2) is 0 Å². The zero-order valence-electron chi connectivity index (χ0n) is 12.0. The predicted molar refractivity (Wildman–Crippen MR) is 70.5 cm³/mol. The van der Waals surface area contributed by atoms with Gasteiger partial charge >= 0.3 is 0 Å². The zero-order valence-corrected chi connectivity index (χ0v) is 12.0. The maximum absolute atomic E-state index is 5.57. The normalized spacial score (nSPS) is 12.4. The average Bonchev–Trinajstić information content (AvgIpc) is 2.30. The molecule has 0 radical (unpaired) electrons. The first-order valence-electron chi connectivity index (χ1n) is 6.61. The summed E-state index contributed by atoms with van der Waals surface area (Å²) in [4.78, 5) is 0. The number of hydrogen-bond donors (Lipinski definition) is 1. The molecule has 0 aromatic rings. The third-order valence-corrected chi connectivity index (χ3v) is 2.34. The quantitative estimate of drug-likeness (QED) is 0.605. The highest BCUT2D eigenvalue weighted by molar-refractivity contribution is 4.89. The lowest BCUT2D eigenvalue weighted by molar-refractivity contribution is -0.0369. The van der Waals surface area contributed by atoms with E-state index in [0.717, 1.165) is 0 Å². The Morgan fingerprint density at radius 3 is 1.41 bits per heavy atom. The molecule has 0 amide bonds. The minimum Gasteiger partial charge on any atom is -0.380 e. The van der Waals surface area contributed by atoms with Crippen LogP contribution in [0.1, 0.15) is 34.6 Å². The molecule has 0 atom stereocenters. The molecular weight excluding hydrogens is 218 g/mol. The van der Waals surface area contributed by atoms with Crippen molar-refractivity contribution in [3.8, 4) is 0 Å². The Hall–Kier alpha value is -0.160. The third kappa shape index (κ3) is 7.71. The van der Waals surface area contributed by atoms with Gasteiger partial charge in [-0.2, -0.15) is 0 Å². The van der Waals surface area contributed by atoms with E-state index < -0.39 is 0 Å². The molecule has 0 aliphatic carbocycles. The smallest absolute Gasteiger partial charge is 0.0891 e. The lowest BCUT2D eigenvalue weighted by atomic mass is 10.0. The van der Waals surface area contributed by atoms with Gasteiger partial charge in [-0.25, -0.2) is 0 Å². The van der Waals surface area contributed by atoms with E-state index >= 15 is 0 Å². The fourth-order valence-electron chi connectivity index (χ4n) is 1.75. The van der Waals surface area contributed by atoms with Crippen molar-refractivity contribution in [3.63, 3.8) is 0 Å². The molecule has 0 rings (SSSR count). The van der Waals surface area contributed by atoms with Gasteiger partial charge in [-0.15, -0.1) is 0 Å². The Morgan fingerprint density at radius 1 is 0.824 bits per heavy atom. The standard InChI is InChI=1S/C13H29NO3/c1-6-15-9-13(10-16-7-2,11-17-8-3)14-12(4)5/h12,14H,6-11H2,1-5H3. The van der Waals surface area contributed by atoms with Crippen molar-refractivity contribution in [3.05, 3.63) is 0 Å². The van der Waals surface area contributed by atoms with Gasteiger partial charge in [0.2, 0.25) is 0 Å². The predicted octanol–water partition coefficient (Wildman–Crippen LogP) is 1.83. The van der Waals surface area contributed by atoms with E-state index in [1.54, 1.807) is 0 Å². The first kappa shape index (κ1) is 16.8. The highest BCUT2D eigenvalue weighted by Crippen LogP contribution is 2.10. The van der Waals surface area contributed by atoms with Crippen LogP contribution in [0.25, 0.3) is 0 Å². The summed E-state index contributed by atoms with van der Waals surface area (Å²) in [6.07, 6.45) is 0. The van der Waals surface area contributed by atoms with E-state index in [2.05, 4.69) is 19.2 Å². The van der Waals surface area contributed by atoms with Gasteiger partial charge in [-0.3, -0.25) is 0 Å². The average molecular weight is 247 g/mol. The summed E-state index contributed by atoms with van der Waals surface area (Å²) < 4.78 is 16.7. The fraction of sp³-hybridized carbons (Fsp3) is 1.00. The van der Waals surface area contributed by atoms with Gasteiger partial charge in [0, 0.05) is 25.9 Å². The second-order valence-electron chi connectivity index (χ2n) is 4.49. The molecule has 0 saturated carbocycles. The third-order valence-electron chi connectivity index (χ3n) is 2.34. The van der Waals surface area contributed by atoms with Crippen LogP contribution in [-0.4, -0.2) is 51.2 Å². The molecule has 0 spiro atoms. The highest BCUT2D eigenvalue weighted by atomic mass is 16.5. The first-order chi connectivity index (χ1) is 8.10. The van der Waals surface area contributed by atoms with Crippen LogP contribution in [0.4, 0.5) is 0 Å². The molecule has 0 aromatic carbocycles. The second-order valence-corrected chi connectivity index (χ2v) is 4.49. The molecule has 104 valence electrons. The van der Waals surface area contributed by atoms with E-state index in [1.807, 2.05) is 20.8 Å². The molecule has 0 heterocycles. The van der Waals surface area contributed by atoms with E-state index in [0.29, 0.717) is 45.7 Å². The maximum atomic E-state index is 5.57. The molecule has 0 aliphatic rings. The summed E-state index contributed by atoms with van der Waals surface area (Å²) in [5.74, 6) is 0. The summed E-state index contributed by atoms with van der Waals surface area (Å²) in [6.45, 7) is 14.2. The minimum absolute atomic E-state index is 0.240. The van der Waals surface area contributed by atoms with Crippen molar-refractivity contribution in [2.75, 3.05) is 39.6 Å². The van der Waals surface area contributed by atoms with E-state index in [1.165, 1.54) is 0 Å². The van der Waals surface area contributed by atoms with Crippen molar-refractivity contribution < 1.29 is 14.2 Å². The summed E-state index contributed by atoms with van der Waals surface area (Å²) in [5.41, 5.74) is -0.240. The topological polar surface area (TPSA) is 39.7 Å². The SMILES string of the molecule is CCOCC(COCC)(COCC)NC(C)C. The van der Waals surface area contributed by atoms with E-state index in [9.17, 15) is 0 Å². The van der Waals surface area contributed by atoms with Crippen LogP contribution in [-0.2, 0) is 14.2 Å². The van der Waals surface area contributed by atoms with Crippen LogP contribution in [0.15, 0.2) is 0 Å². The Labute approximate surface area is 106 Å². The maximum Gasteiger partial charge on any atom is 0.0891 e. The first-order valence-corrected chi connectivity index (χ1v) is 6.61. The van der Waals surface area contributed by atoms with Crippen LogP contribution < -0.4 is 5.32 Å². The molecule has 0 unspecified atom stereocenters. The van der Waals surface area contributed by atoms with E-state index in [-0.39, 0.29) is 5.54 Å². The van der Waals surface area contributed by atoms with Crippen LogP contribution in [0.2, 0.25) is 0 Å². The number of hydrogen-bond acceptors (Lipinski definition) is 4. The molecule has 0 aliphatic heterocycles. The van der Waals surface area contributed by atoms with Crippen LogP contribution in [0.3, 0.4) is 0 Å². The molecule has 0 aromatic heterocycles. The van der Waals surface area contributed by atoms with Crippen molar-refractivity contribution in [1.82, 2.24) is 5.32 Å². The molecule has 4 heteroatoms. The minimum atomic E-state index is -0.240. The van der Waals surface area contributed by atoms with Gasteiger partial charge in [0.05, 0.1) is 25.4 Å². The van der Waals surface area contributed by atoms with Crippen molar-refractivity contribution in [2.24, 2.45) is 0 Å². The Morgan fingerprint density at radius 2 is 1.18 bits per heavy atom. The Balaban J connectivity index is 4.51. The molecule has 4 nitrogen and oxygen atoms in total. The molecular formula is C13H29NO3. The van der Waals surface area contributed by atoms with Gasteiger partial charge in [0.1, 0.15) is 0 Å².